The summed E-state index contributed by atoms with van der Waals surface area (Å²) >= 11 is 0. The lowest BCUT2D eigenvalue weighted by atomic mass is 10.1. The van der Waals surface area contributed by atoms with E-state index in [2.05, 4.69) is 4.72 Å². The molecular formula is C23H24N2O4S. The zero-order valence-corrected chi connectivity index (χ0v) is 17.7. The van der Waals surface area contributed by atoms with Gasteiger partial charge in [0, 0.05) is 17.3 Å². The fraction of sp³-hybridized carbons (Fsp3) is 0.261. The summed E-state index contributed by atoms with van der Waals surface area (Å²) in [5, 5.41) is 0. The second-order valence-corrected chi connectivity index (χ2v) is 9.31. The smallest absolute Gasteiger partial charge is 0.261 e. The number of hydrogen-bond acceptors (Lipinski definition) is 4. The molecule has 1 N–H and O–H groups in total. The van der Waals surface area contributed by atoms with Crippen molar-refractivity contribution in [1.29, 1.82) is 0 Å². The van der Waals surface area contributed by atoms with Gasteiger partial charge in [0.15, 0.2) is 0 Å². The van der Waals surface area contributed by atoms with E-state index in [4.69, 9.17) is 4.42 Å². The van der Waals surface area contributed by atoms with E-state index < -0.39 is 10.0 Å². The van der Waals surface area contributed by atoms with Crippen molar-refractivity contribution in [2.75, 3.05) is 4.72 Å². The van der Waals surface area contributed by atoms with Crippen molar-refractivity contribution in [3.63, 3.8) is 0 Å². The molecule has 1 aliphatic rings. The van der Waals surface area contributed by atoms with Gasteiger partial charge in [-0.05, 0) is 75.2 Å². The van der Waals surface area contributed by atoms with Crippen LogP contribution in [0.3, 0.4) is 0 Å². The quantitative estimate of drug-likeness (QED) is 0.593. The van der Waals surface area contributed by atoms with E-state index in [-0.39, 0.29) is 22.9 Å². The number of rotatable bonds is 7. The van der Waals surface area contributed by atoms with E-state index in [0.29, 0.717) is 11.3 Å². The molecule has 1 heterocycles. The molecule has 3 aromatic rings. The number of aryl methyl sites for hydroxylation is 1. The minimum Gasteiger partial charge on any atom is -0.467 e. The number of hydrogen-bond donors (Lipinski definition) is 1. The zero-order valence-electron chi connectivity index (χ0n) is 16.9. The first kappa shape index (κ1) is 20.2. The minimum atomic E-state index is -3.73. The number of furan rings is 1. The van der Waals surface area contributed by atoms with Crippen LogP contribution in [0.5, 0.6) is 0 Å². The topological polar surface area (TPSA) is 79.6 Å². The summed E-state index contributed by atoms with van der Waals surface area (Å²) < 4.78 is 33.4. The van der Waals surface area contributed by atoms with Crippen LogP contribution in [0.4, 0.5) is 5.69 Å². The Morgan fingerprint density at radius 3 is 2.30 bits per heavy atom. The number of amides is 1. The highest BCUT2D eigenvalue weighted by molar-refractivity contribution is 7.92. The van der Waals surface area contributed by atoms with Gasteiger partial charge in [0.05, 0.1) is 17.2 Å². The van der Waals surface area contributed by atoms with Crippen molar-refractivity contribution in [1.82, 2.24) is 4.90 Å². The molecule has 1 aliphatic carbocycles. The Balaban J connectivity index is 1.53. The molecule has 0 saturated heterocycles. The van der Waals surface area contributed by atoms with Crippen LogP contribution in [0, 0.1) is 6.92 Å². The van der Waals surface area contributed by atoms with Crippen molar-refractivity contribution in [3.05, 3.63) is 83.8 Å². The third-order valence-electron chi connectivity index (χ3n) is 5.26. The van der Waals surface area contributed by atoms with E-state index in [9.17, 15) is 13.2 Å². The lowest BCUT2D eigenvalue weighted by molar-refractivity contribution is 0.0652. The molecule has 1 saturated carbocycles. The number of sulfonamides is 1. The van der Waals surface area contributed by atoms with Crippen molar-refractivity contribution < 1.29 is 17.6 Å². The first-order valence-electron chi connectivity index (χ1n) is 9.91. The zero-order chi connectivity index (χ0) is 21.3. The van der Waals surface area contributed by atoms with Crippen LogP contribution < -0.4 is 4.72 Å². The van der Waals surface area contributed by atoms with Gasteiger partial charge in [0.25, 0.3) is 15.9 Å². The molecule has 7 heteroatoms. The van der Waals surface area contributed by atoms with Crippen LogP contribution >= 0.6 is 0 Å². The number of nitrogens with one attached hydrogen (secondary N) is 1. The lowest BCUT2D eigenvalue weighted by Gasteiger charge is -2.28. The summed E-state index contributed by atoms with van der Waals surface area (Å²) in [5.41, 5.74) is 1.99. The number of carbonyl (C=O) groups excluding carboxylic acids is 1. The Labute approximate surface area is 176 Å². The van der Waals surface area contributed by atoms with Gasteiger partial charge in [-0.2, -0.15) is 0 Å². The average molecular weight is 425 g/mol. The molecule has 6 nitrogen and oxygen atoms in total. The molecule has 1 atom stereocenters. The normalized spacial score (nSPS) is 14.9. The fourth-order valence-corrected chi connectivity index (χ4v) is 4.50. The molecule has 1 amide bonds. The average Bonchev–Trinajstić information content (AvgIpc) is 3.40. The predicted molar refractivity (Wildman–Crippen MR) is 115 cm³/mol. The molecule has 2 aromatic carbocycles. The molecule has 0 aliphatic heterocycles. The number of carbonyl (C=O) groups is 1. The van der Waals surface area contributed by atoms with Gasteiger partial charge in [0.2, 0.25) is 0 Å². The Hall–Kier alpha value is -3.06. The standard InChI is InChI=1S/C23H24N2O4S/c1-16-5-9-19(10-6-16)24-30(27,28)21-13-7-18(8-14-21)23(26)25(20-11-12-20)17(2)22-4-3-15-29-22/h3-10,13-15,17,20,24H,11-12H2,1-2H3. The van der Waals surface area contributed by atoms with Gasteiger partial charge >= 0.3 is 0 Å². The van der Waals surface area contributed by atoms with E-state index in [1.807, 2.05) is 43.0 Å². The van der Waals surface area contributed by atoms with E-state index in [1.165, 1.54) is 12.1 Å². The van der Waals surface area contributed by atoms with E-state index in [1.54, 1.807) is 30.5 Å². The highest BCUT2D eigenvalue weighted by Crippen LogP contribution is 2.35. The second kappa shape index (κ2) is 7.99. The Morgan fingerprint density at radius 2 is 1.73 bits per heavy atom. The maximum Gasteiger partial charge on any atom is 0.261 e. The van der Waals surface area contributed by atoms with Crippen molar-refractivity contribution in [2.45, 2.75) is 43.7 Å². The van der Waals surface area contributed by atoms with Gasteiger partial charge in [-0.15, -0.1) is 0 Å². The van der Waals surface area contributed by atoms with Crippen molar-refractivity contribution in [2.24, 2.45) is 0 Å². The summed E-state index contributed by atoms with van der Waals surface area (Å²) in [5.74, 6) is 0.605. The van der Waals surface area contributed by atoms with Crippen molar-refractivity contribution >= 4 is 21.6 Å². The monoisotopic (exact) mass is 424 g/mol. The maximum atomic E-state index is 13.2. The summed E-state index contributed by atoms with van der Waals surface area (Å²) in [6, 6.07) is 16.8. The summed E-state index contributed by atoms with van der Waals surface area (Å²) in [4.78, 5) is 15.1. The van der Waals surface area contributed by atoms with Gasteiger partial charge in [-0.1, -0.05) is 17.7 Å². The molecule has 4 rings (SSSR count). The second-order valence-electron chi connectivity index (χ2n) is 7.63. The first-order valence-corrected chi connectivity index (χ1v) is 11.4. The Kier molecular flexibility index (Phi) is 5.39. The molecule has 1 fully saturated rings. The van der Waals surface area contributed by atoms with Crippen LogP contribution in [-0.2, 0) is 10.0 Å². The Morgan fingerprint density at radius 1 is 1.07 bits per heavy atom. The predicted octanol–water partition coefficient (Wildman–Crippen LogP) is 4.75. The Bertz CT molecular complexity index is 1120. The number of anilines is 1. The van der Waals surface area contributed by atoms with Gasteiger partial charge in [0.1, 0.15) is 5.76 Å². The third-order valence-corrected chi connectivity index (χ3v) is 6.66. The number of nitrogens with zero attached hydrogens (tertiary/aromatic N) is 1. The van der Waals surface area contributed by atoms with Gasteiger partial charge in [-0.25, -0.2) is 8.42 Å². The van der Waals surface area contributed by atoms with E-state index in [0.717, 1.165) is 24.2 Å². The summed E-state index contributed by atoms with van der Waals surface area (Å²) in [6.45, 7) is 3.88. The molecule has 0 radical (unpaired) electrons. The highest BCUT2D eigenvalue weighted by atomic mass is 32.2. The fourth-order valence-electron chi connectivity index (χ4n) is 3.44. The molecule has 0 spiro atoms. The summed E-state index contributed by atoms with van der Waals surface area (Å²) in [7, 11) is -3.73. The number of benzene rings is 2. The van der Waals surface area contributed by atoms with Crippen LogP contribution in [0.1, 0.15) is 47.5 Å². The molecule has 1 unspecified atom stereocenters. The molecule has 156 valence electrons. The minimum absolute atomic E-state index is 0.108. The van der Waals surface area contributed by atoms with Gasteiger partial charge in [-0.3, -0.25) is 9.52 Å². The SMILES string of the molecule is Cc1ccc(NS(=O)(=O)c2ccc(C(=O)N(C3CC3)C(C)c3ccco3)cc2)cc1. The summed E-state index contributed by atoms with van der Waals surface area (Å²) in [6.07, 6.45) is 3.52. The first-order chi connectivity index (χ1) is 14.3. The van der Waals surface area contributed by atoms with Crippen LogP contribution in [0.25, 0.3) is 0 Å². The molecule has 30 heavy (non-hydrogen) atoms. The molecule has 1 aromatic heterocycles. The maximum absolute atomic E-state index is 13.2. The van der Waals surface area contributed by atoms with Crippen molar-refractivity contribution in [3.8, 4) is 0 Å². The molecule has 0 bridgehead atoms. The third kappa shape index (κ3) is 4.26. The molecular weight excluding hydrogens is 400 g/mol. The van der Waals surface area contributed by atoms with Crippen LogP contribution in [0.15, 0.2) is 76.2 Å². The van der Waals surface area contributed by atoms with Crippen LogP contribution in [0.2, 0.25) is 0 Å². The van der Waals surface area contributed by atoms with Gasteiger partial charge < -0.3 is 9.32 Å². The largest absolute Gasteiger partial charge is 0.467 e. The lowest BCUT2D eigenvalue weighted by Crippen LogP contribution is -2.35. The highest BCUT2D eigenvalue weighted by Gasteiger charge is 2.37. The van der Waals surface area contributed by atoms with Crippen LogP contribution in [-0.4, -0.2) is 25.3 Å². The van der Waals surface area contributed by atoms with E-state index >= 15 is 0 Å².